The molecule has 1 rings (SSSR count). The van der Waals surface area contributed by atoms with Crippen molar-refractivity contribution in [2.24, 2.45) is 5.92 Å². The Morgan fingerprint density at radius 1 is 1.37 bits per heavy atom. The number of hydrogen-bond acceptors (Lipinski definition) is 2. The van der Waals surface area contributed by atoms with Crippen LogP contribution in [0, 0.1) is 5.92 Å². The smallest absolute Gasteiger partial charge is 0.406 e. The molecule has 19 heavy (non-hydrogen) atoms. The highest BCUT2D eigenvalue weighted by Gasteiger charge is 2.41. The van der Waals surface area contributed by atoms with Crippen molar-refractivity contribution in [3.8, 4) is 0 Å². The van der Waals surface area contributed by atoms with Gasteiger partial charge in [0.15, 0.2) is 0 Å². The van der Waals surface area contributed by atoms with Crippen LogP contribution >= 0.6 is 0 Å². The van der Waals surface area contributed by atoms with Gasteiger partial charge in [0, 0.05) is 19.6 Å². The Hall–Kier alpha value is -1.47. The van der Waals surface area contributed by atoms with Crippen LogP contribution in [0.4, 0.5) is 18.0 Å². The molecule has 1 fully saturated rings. The van der Waals surface area contributed by atoms with Gasteiger partial charge in [-0.1, -0.05) is 6.92 Å². The number of carbonyl (C=O) groups excluding carboxylic acids is 1. The second kappa shape index (κ2) is 5.66. The molecule has 1 saturated carbocycles. The fourth-order valence-electron chi connectivity index (χ4n) is 1.72. The molecule has 0 aliphatic heterocycles. The summed E-state index contributed by atoms with van der Waals surface area (Å²) in [7, 11) is 1.31. The van der Waals surface area contributed by atoms with Crippen LogP contribution in [0.25, 0.3) is 0 Å². The third-order valence-corrected chi connectivity index (χ3v) is 2.88. The lowest BCUT2D eigenvalue weighted by molar-refractivity contribution is -0.144. The average Bonchev–Trinajstić information content (AvgIpc) is 3.07. The van der Waals surface area contributed by atoms with Crippen molar-refractivity contribution in [2.75, 3.05) is 20.1 Å². The summed E-state index contributed by atoms with van der Waals surface area (Å²) in [4.78, 5) is 24.4. The minimum Gasteiger partial charge on any atom is -0.481 e. The van der Waals surface area contributed by atoms with Gasteiger partial charge in [0.2, 0.25) is 0 Å². The van der Waals surface area contributed by atoms with E-state index in [-0.39, 0.29) is 12.6 Å². The summed E-state index contributed by atoms with van der Waals surface area (Å²) in [6.07, 6.45) is -3.33. The maximum absolute atomic E-state index is 12.4. The van der Waals surface area contributed by atoms with E-state index in [4.69, 9.17) is 5.11 Å². The van der Waals surface area contributed by atoms with Gasteiger partial charge in [-0.05, 0) is 12.8 Å². The third-order valence-electron chi connectivity index (χ3n) is 2.88. The molecule has 0 heterocycles. The quantitative estimate of drug-likeness (QED) is 0.836. The van der Waals surface area contributed by atoms with Gasteiger partial charge >= 0.3 is 18.2 Å². The summed E-state index contributed by atoms with van der Waals surface area (Å²) in [6, 6.07) is -1.15. The number of carboxylic acid groups (broad SMARTS) is 1. The first kappa shape index (κ1) is 15.6. The van der Waals surface area contributed by atoms with Gasteiger partial charge in [0.05, 0.1) is 5.92 Å². The molecule has 0 saturated heterocycles. The number of amides is 2. The minimum atomic E-state index is -4.45. The van der Waals surface area contributed by atoms with Crippen LogP contribution in [0.5, 0.6) is 0 Å². The molecule has 8 heteroatoms. The Balaban J connectivity index is 2.63. The predicted octanol–water partition coefficient (Wildman–Crippen LogP) is 1.79. The Bertz CT molecular complexity index is 356. The molecule has 0 bridgehead atoms. The lowest BCUT2D eigenvalue weighted by atomic mass is 10.2. The largest absolute Gasteiger partial charge is 0.481 e. The van der Waals surface area contributed by atoms with Crippen LogP contribution in [0.15, 0.2) is 0 Å². The lowest BCUT2D eigenvalue weighted by Crippen LogP contribution is -2.48. The zero-order valence-corrected chi connectivity index (χ0v) is 10.8. The molecule has 1 unspecified atom stereocenters. The van der Waals surface area contributed by atoms with Crippen LogP contribution < -0.4 is 0 Å². The zero-order chi connectivity index (χ0) is 14.8. The molecule has 0 spiro atoms. The van der Waals surface area contributed by atoms with Gasteiger partial charge in [-0.2, -0.15) is 13.2 Å². The fourth-order valence-corrected chi connectivity index (χ4v) is 1.72. The van der Waals surface area contributed by atoms with Crippen molar-refractivity contribution in [3.05, 3.63) is 0 Å². The van der Waals surface area contributed by atoms with E-state index in [9.17, 15) is 22.8 Å². The predicted molar refractivity (Wildman–Crippen MR) is 60.6 cm³/mol. The number of urea groups is 1. The molecular weight excluding hydrogens is 265 g/mol. The van der Waals surface area contributed by atoms with Gasteiger partial charge in [-0.3, -0.25) is 4.79 Å². The molecule has 0 aromatic heterocycles. The monoisotopic (exact) mass is 282 g/mol. The van der Waals surface area contributed by atoms with Gasteiger partial charge in [0.1, 0.15) is 6.54 Å². The Morgan fingerprint density at radius 2 is 1.89 bits per heavy atom. The first-order chi connectivity index (χ1) is 8.61. The van der Waals surface area contributed by atoms with E-state index in [1.807, 2.05) is 0 Å². The zero-order valence-electron chi connectivity index (χ0n) is 10.8. The normalized spacial score (nSPS) is 16.9. The lowest BCUT2D eigenvalue weighted by Gasteiger charge is -2.29. The summed E-state index contributed by atoms with van der Waals surface area (Å²) >= 11 is 0. The van der Waals surface area contributed by atoms with Gasteiger partial charge in [-0.15, -0.1) is 0 Å². The molecule has 1 aliphatic rings. The van der Waals surface area contributed by atoms with E-state index in [0.29, 0.717) is 12.8 Å². The van der Waals surface area contributed by atoms with Crippen LogP contribution in [0.1, 0.15) is 19.8 Å². The molecule has 0 radical (unpaired) electrons. The average molecular weight is 282 g/mol. The number of alkyl halides is 3. The standard InChI is InChI=1S/C11H17F3N2O3/c1-7(9(17)18)5-15(2)10(19)16(8-3-4-8)6-11(12,13)14/h7-8H,3-6H2,1-2H3,(H,17,18). The summed E-state index contributed by atoms with van der Waals surface area (Å²) < 4.78 is 37.2. The molecule has 2 amide bonds. The van der Waals surface area contributed by atoms with Crippen molar-refractivity contribution in [2.45, 2.75) is 32.0 Å². The highest BCUT2D eigenvalue weighted by atomic mass is 19.4. The molecule has 1 aliphatic carbocycles. The summed E-state index contributed by atoms with van der Waals surface area (Å²) in [6.45, 7) is -0.00509. The van der Waals surface area contributed by atoms with Gasteiger partial charge in [0.25, 0.3) is 0 Å². The summed E-state index contributed by atoms with van der Waals surface area (Å²) in [5.41, 5.74) is 0. The number of halogens is 3. The van der Waals surface area contributed by atoms with Gasteiger partial charge < -0.3 is 14.9 Å². The number of aliphatic carboxylic acids is 1. The number of nitrogens with zero attached hydrogens (tertiary/aromatic N) is 2. The molecule has 1 atom stereocenters. The Labute approximate surface area is 109 Å². The maximum Gasteiger partial charge on any atom is 0.406 e. The van der Waals surface area contributed by atoms with Crippen molar-refractivity contribution >= 4 is 12.0 Å². The third kappa shape index (κ3) is 4.96. The number of rotatable bonds is 5. The van der Waals surface area contributed by atoms with E-state index < -0.39 is 30.6 Å². The molecule has 1 N–H and O–H groups in total. The van der Waals surface area contributed by atoms with E-state index in [0.717, 1.165) is 9.80 Å². The second-order valence-corrected chi connectivity index (χ2v) is 4.88. The molecule has 5 nitrogen and oxygen atoms in total. The molecular formula is C11H17F3N2O3. The Morgan fingerprint density at radius 3 is 2.26 bits per heavy atom. The van der Waals surface area contributed by atoms with Crippen molar-refractivity contribution in [1.82, 2.24) is 9.80 Å². The first-order valence-electron chi connectivity index (χ1n) is 5.93. The summed E-state index contributed by atoms with van der Waals surface area (Å²) in [5, 5.41) is 8.73. The van der Waals surface area contributed by atoms with Crippen molar-refractivity contribution in [1.29, 1.82) is 0 Å². The molecule has 110 valence electrons. The number of carbonyl (C=O) groups is 2. The van der Waals surface area contributed by atoms with Gasteiger partial charge in [-0.25, -0.2) is 4.79 Å². The number of hydrogen-bond donors (Lipinski definition) is 1. The highest BCUT2D eigenvalue weighted by molar-refractivity contribution is 5.76. The molecule has 0 aromatic rings. The molecule has 0 aromatic carbocycles. The van der Waals surface area contributed by atoms with E-state index in [1.165, 1.54) is 14.0 Å². The van der Waals surface area contributed by atoms with E-state index >= 15 is 0 Å². The topological polar surface area (TPSA) is 60.9 Å². The first-order valence-corrected chi connectivity index (χ1v) is 5.93. The Kier molecular flexibility index (Phi) is 4.65. The van der Waals surface area contributed by atoms with E-state index in [1.54, 1.807) is 0 Å². The van der Waals surface area contributed by atoms with E-state index in [2.05, 4.69) is 0 Å². The highest BCUT2D eigenvalue weighted by Crippen LogP contribution is 2.30. The van der Waals surface area contributed by atoms with Crippen LogP contribution in [-0.4, -0.2) is 59.3 Å². The minimum absolute atomic E-state index is 0.116. The second-order valence-electron chi connectivity index (χ2n) is 4.88. The summed E-state index contributed by atoms with van der Waals surface area (Å²) in [5.74, 6) is -1.91. The van der Waals surface area contributed by atoms with Crippen LogP contribution in [0.3, 0.4) is 0 Å². The maximum atomic E-state index is 12.4. The fraction of sp³-hybridized carbons (Fsp3) is 0.818. The van der Waals surface area contributed by atoms with Crippen LogP contribution in [-0.2, 0) is 4.79 Å². The van der Waals surface area contributed by atoms with Crippen molar-refractivity contribution < 1.29 is 27.9 Å². The van der Waals surface area contributed by atoms with Crippen LogP contribution in [0.2, 0.25) is 0 Å². The SMILES string of the molecule is CC(CN(C)C(=O)N(CC(F)(F)F)C1CC1)C(=O)O. The number of carboxylic acids is 1. The van der Waals surface area contributed by atoms with Crippen molar-refractivity contribution in [3.63, 3.8) is 0 Å².